The molecule has 0 fully saturated rings. The Labute approximate surface area is 601 Å². The number of hydrogen-bond donors (Lipinski definition) is 0. The van der Waals surface area contributed by atoms with Crippen LogP contribution in [0.1, 0.15) is 47.2 Å². The normalized spacial score (nSPS) is 13.6. The standard InChI is InChI=1S/C57H34.C47H30/c1-3-13-43(14-4-1)57(44-15-5-2-6-16-44)51-33-41(45-27-21-39-19-17-35-9-7-11-37-23-31-49(45)55(39)53(35)37)25-29-47(51)48-30-26-42(34-52(48)57)46-28-22-40-20-18-36-10-8-12-38-24-32-50(46)56(40)54(36)38;1-47(2)41-25-33(35-19-13-31-11-9-27-5-3-7-29-15-23-39(35)45(31)43(27)29)17-21-37(41)38-22-18-34(26-42(38)47)36-20-14-32-12-10-28-6-4-8-30-16-24-40(36)46(32)44(28)30/h1-34H;3-26H,1-2H3. The van der Waals surface area contributed by atoms with Crippen LogP contribution >= 0.6 is 0 Å². The van der Waals surface area contributed by atoms with Crippen LogP contribution < -0.4 is 0 Å². The molecule has 0 atom stereocenters. The molecule has 0 nitrogen and oxygen atoms in total. The van der Waals surface area contributed by atoms with E-state index in [0.717, 1.165) is 0 Å². The van der Waals surface area contributed by atoms with Gasteiger partial charge in [-0.1, -0.05) is 341 Å². The third-order valence-corrected chi connectivity index (χ3v) is 24.6. The lowest BCUT2D eigenvalue weighted by Crippen LogP contribution is -2.28. The molecule has 0 aromatic heterocycles. The van der Waals surface area contributed by atoms with E-state index in [1.807, 2.05) is 0 Å². The fourth-order valence-corrected chi connectivity index (χ4v) is 19.8. The molecular weight excluding hydrogens is 1250 g/mol. The van der Waals surface area contributed by atoms with Crippen molar-refractivity contribution in [3.05, 3.63) is 385 Å². The number of rotatable bonds is 6. The summed E-state index contributed by atoms with van der Waals surface area (Å²) < 4.78 is 0. The monoisotopic (exact) mass is 1310 g/mol. The molecule has 0 heteroatoms. The largest absolute Gasteiger partial charge is 0.0713 e. The molecule has 0 heterocycles. The smallest absolute Gasteiger partial charge is 0.0622 e. The van der Waals surface area contributed by atoms with E-state index in [4.69, 9.17) is 0 Å². The van der Waals surface area contributed by atoms with Gasteiger partial charge in [0.1, 0.15) is 0 Å². The summed E-state index contributed by atoms with van der Waals surface area (Å²) in [6, 6.07) is 133. The molecular formula is C104H64. The van der Waals surface area contributed by atoms with E-state index in [-0.39, 0.29) is 5.41 Å². The molecule has 104 heavy (non-hydrogen) atoms. The van der Waals surface area contributed by atoms with Crippen molar-refractivity contribution in [2.45, 2.75) is 24.7 Å². The SMILES string of the molecule is CC1(C)c2cc(-c3ccc4ccc5cccc6ccc3c4c56)ccc2-c2ccc(-c3ccc4ccc5cccc6ccc3c4c56)cc21.c1ccc(C2(c3ccccc3)c3cc(-c4ccc5ccc6cccc7ccc4c5c67)ccc3-c3ccc(-c4ccc5ccc6cccc7ccc4c5c67)cc32)cc1. The lowest BCUT2D eigenvalue weighted by Gasteiger charge is -2.34. The minimum atomic E-state index is -0.535. The van der Waals surface area contributed by atoms with Crippen molar-refractivity contribution in [3.63, 3.8) is 0 Å². The van der Waals surface area contributed by atoms with Gasteiger partial charge in [-0.15, -0.1) is 0 Å². The molecule has 0 amide bonds. The molecule has 24 rings (SSSR count). The van der Waals surface area contributed by atoms with Crippen LogP contribution in [0.25, 0.3) is 196 Å². The number of benzene rings is 22. The predicted octanol–water partition coefficient (Wildman–Crippen LogP) is 28.3. The summed E-state index contributed by atoms with van der Waals surface area (Å²) in [5, 5.41) is 31.7. The van der Waals surface area contributed by atoms with Crippen LogP contribution in [0.3, 0.4) is 0 Å². The van der Waals surface area contributed by atoms with Crippen LogP contribution in [-0.2, 0) is 10.8 Å². The van der Waals surface area contributed by atoms with Crippen LogP contribution in [0.2, 0.25) is 0 Å². The number of hydrogen-bond acceptors (Lipinski definition) is 0. The van der Waals surface area contributed by atoms with Gasteiger partial charge in [0, 0.05) is 5.41 Å². The van der Waals surface area contributed by atoms with Gasteiger partial charge in [-0.25, -0.2) is 0 Å². The van der Waals surface area contributed by atoms with Crippen molar-refractivity contribution in [1.82, 2.24) is 0 Å². The lowest BCUT2D eigenvalue weighted by molar-refractivity contribution is 0.661. The second-order valence-electron chi connectivity index (χ2n) is 30.0. The van der Waals surface area contributed by atoms with Crippen molar-refractivity contribution >= 4 is 129 Å². The summed E-state index contributed by atoms with van der Waals surface area (Å²) in [5.41, 5.74) is 22.8. The van der Waals surface area contributed by atoms with Crippen LogP contribution in [-0.4, -0.2) is 0 Å². The third kappa shape index (κ3) is 7.92. The predicted molar refractivity (Wildman–Crippen MR) is 444 cm³/mol. The zero-order valence-corrected chi connectivity index (χ0v) is 57.5. The molecule has 0 saturated heterocycles. The Morgan fingerprint density at radius 1 is 0.163 bits per heavy atom. The maximum atomic E-state index is 2.51. The molecule has 0 radical (unpaired) electrons. The summed E-state index contributed by atoms with van der Waals surface area (Å²) >= 11 is 0. The minimum Gasteiger partial charge on any atom is -0.0622 e. The number of fused-ring (bicyclic) bond motifs is 6. The molecule has 2 aliphatic rings. The molecule has 0 aliphatic heterocycles. The van der Waals surface area contributed by atoms with Gasteiger partial charge < -0.3 is 0 Å². The van der Waals surface area contributed by atoms with Crippen LogP contribution in [0.4, 0.5) is 0 Å². The molecule has 0 saturated carbocycles. The molecule has 0 bridgehead atoms. The first-order chi connectivity index (χ1) is 51.3. The molecule has 22 aromatic carbocycles. The Balaban J connectivity index is 0.000000130. The zero-order chi connectivity index (χ0) is 68.3. The zero-order valence-electron chi connectivity index (χ0n) is 57.5. The molecule has 22 aromatic rings. The van der Waals surface area contributed by atoms with Crippen molar-refractivity contribution in [1.29, 1.82) is 0 Å². The van der Waals surface area contributed by atoms with Crippen molar-refractivity contribution in [2.75, 3.05) is 0 Å². The average molecular weight is 1310 g/mol. The highest BCUT2D eigenvalue weighted by molar-refractivity contribution is 6.29. The second-order valence-corrected chi connectivity index (χ2v) is 30.0. The molecule has 480 valence electrons. The van der Waals surface area contributed by atoms with Crippen molar-refractivity contribution in [3.8, 4) is 66.8 Å². The van der Waals surface area contributed by atoms with Gasteiger partial charge in [-0.05, 0) is 254 Å². The Morgan fingerprint density at radius 3 is 0.644 bits per heavy atom. The van der Waals surface area contributed by atoms with E-state index in [2.05, 4.69) is 366 Å². The second kappa shape index (κ2) is 21.3. The van der Waals surface area contributed by atoms with Gasteiger partial charge in [0.2, 0.25) is 0 Å². The van der Waals surface area contributed by atoms with E-state index >= 15 is 0 Å². The Bertz CT molecular complexity index is 6850. The van der Waals surface area contributed by atoms with Gasteiger partial charge in [0.25, 0.3) is 0 Å². The maximum absolute atomic E-state index is 2.51. The van der Waals surface area contributed by atoms with Crippen LogP contribution in [0.15, 0.2) is 352 Å². The van der Waals surface area contributed by atoms with Gasteiger partial charge in [-0.3, -0.25) is 0 Å². The summed E-state index contributed by atoms with van der Waals surface area (Å²) in [7, 11) is 0. The summed E-state index contributed by atoms with van der Waals surface area (Å²) in [6.07, 6.45) is 0. The van der Waals surface area contributed by atoms with E-state index in [9.17, 15) is 0 Å². The minimum absolute atomic E-state index is 0.121. The quantitative estimate of drug-likeness (QED) is 0.146. The van der Waals surface area contributed by atoms with E-state index in [1.165, 1.54) is 229 Å². The van der Waals surface area contributed by atoms with Gasteiger partial charge in [-0.2, -0.15) is 0 Å². The maximum Gasteiger partial charge on any atom is 0.0713 e. The van der Waals surface area contributed by atoms with Gasteiger partial charge >= 0.3 is 0 Å². The van der Waals surface area contributed by atoms with Gasteiger partial charge in [0.05, 0.1) is 5.41 Å². The van der Waals surface area contributed by atoms with Crippen LogP contribution in [0, 0.1) is 0 Å². The fourth-order valence-electron chi connectivity index (χ4n) is 19.8. The van der Waals surface area contributed by atoms with Gasteiger partial charge in [0.15, 0.2) is 0 Å². The first-order valence-corrected chi connectivity index (χ1v) is 36.7. The molecule has 0 N–H and O–H groups in total. The van der Waals surface area contributed by atoms with E-state index in [0.29, 0.717) is 0 Å². The van der Waals surface area contributed by atoms with Crippen molar-refractivity contribution < 1.29 is 0 Å². The first kappa shape index (κ1) is 57.7. The fraction of sp³-hybridized carbons (Fsp3) is 0.0385. The third-order valence-electron chi connectivity index (χ3n) is 24.6. The highest BCUT2D eigenvalue weighted by Gasteiger charge is 2.47. The highest BCUT2D eigenvalue weighted by Crippen LogP contribution is 2.59. The van der Waals surface area contributed by atoms with E-state index in [1.54, 1.807) is 0 Å². The van der Waals surface area contributed by atoms with E-state index < -0.39 is 5.41 Å². The first-order valence-electron chi connectivity index (χ1n) is 36.7. The molecule has 2 aliphatic carbocycles. The molecule has 0 spiro atoms. The topological polar surface area (TPSA) is 0 Å². The summed E-state index contributed by atoms with van der Waals surface area (Å²) in [6.45, 7) is 4.80. The average Bonchev–Trinajstić information content (AvgIpc) is 1.55. The summed E-state index contributed by atoms with van der Waals surface area (Å²) in [5.74, 6) is 0. The lowest BCUT2D eigenvalue weighted by atomic mass is 9.67. The van der Waals surface area contributed by atoms with Crippen LogP contribution in [0.5, 0.6) is 0 Å². The van der Waals surface area contributed by atoms with Crippen molar-refractivity contribution in [2.24, 2.45) is 0 Å². The highest BCUT2D eigenvalue weighted by atomic mass is 14.5. The Morgan fingerprint density at radius 2 is 0.375 bits per heavy atom. The Hall–Kier alpha value is -13.0. The molecule has 0 unspecified atom stereocenters. The Kier molecular flexibility index (Phi) is 11.8. The summed E-state index contributed by atoms with van der Waals surface area (Å²) in [4.78, 5) is 0.